The highest BCUT2D eigenvalue weighted by molar-refractivity contribution is 5.84. The van der Waals surface area contributed by atoms with Crippen molar-refractivity contribution in [1.29, 1.82) is 0 Å². The first-order chi connectivity index (χ1) is 12.2. The van der Waals surface area contributed by atoms with Crippen LogP contribution in [-0.2, 0) is 15.1 Å². The number of likely N-dealkylation sites (tertiary alicyclic amines) is 1. The summed E-state index contributed by atoms with van der Waals surface area (Å²) in [6.45, 7) is 7.07. The van der Waals surface area contributed by atoms with E-state index in [1.54, 1.807) is 7.11 Å². The molecular formula is C21H30N2O3. The van der Waals surface area contributed by atoms with Gasteiger partial charge in [-0.25, -0.2) is 0 Å². The number of hydrogen-bond acceptors (Lipinski definition) is 3. The molecular weight excluding hydrogens is 328 g/mol. The molecule has 1 aliphatic carbocycles. The summed E-state index contributed by atoms with van der Waals surface area (Å²) in [7, 11) is 1.65. The van der Waals surface area contributed by atoms with Gasteiger partial charge in [0, 0.05) is 18.5 Å². The van der Waals surface area contributed by atoms with Gasteiger partial charge >= 0.3 is 0 Å². The molecule has 0 radical (unpaired) electrons. The van der Waals surface area contributed by atoms with Gasteiger partial charge in [0.15, 0.2) is 0 Å². The van der Waals surface area contributed by atoms with Crippen molar-refractivity contribution in [2.75, 3.05) is 20.2 Å². The Hall–Kier alpha value is -2.04. The zero-order valence-corrected chi connectivity index (χ0v) is 16.3. The normalized spacial score (nSPS) is 21.8. The molecule has 1 unspecified atom stereocenters. The van der Waals surface area contributed by atoms with Gasteiger partial charge in [0.2, 0.25) is 11.8 Å². The van der Waals surface area contributed by atoms with Crippen LogP contribution < -0.4 is 10.1 Å². The monoisotopic (exact) mass is 358 g/mol. The second-order valence-corrected chi connectivity index (χ2v) is 8.64. The van der Waals surface area contributed by atoms with Gasteiger partial charge in [-0.3, -0.25) is 9.59 Å². The molecule has 0 spiro atoms. The summed E-state index contributed by atoms with van der Waals surface area (Å²) in [6, 6.07) is 7.93. The van der Waals surface area contributed by atoms with Crippen LogP contribution >= 0.6 is 0 Å². The molecule has 2 aliphatic rings. The Morgan fingerprint density at radius 2 is 2.00 bits per heavy atom. The molecule has 2 fully saturated rings. The lowest BCUT2D eigenvalue weighted by molar-refractivity contribution is -0.143. The van der Waals surface area contributed by atoms with Gasteiger partial charge in [0.05, 0.1) is 18.6 Å². The number of ether oxygens (including phenoxy) is 1. The minimum Gasteiger partial charge on any atom is -0.497 e. The molecule has 5 heteroatoms. The van der Waals surface area contributed by atoms with Gasteiger partial charge in [-0.05, 0) is 43.4 Å². The van der Waals surface area contributed by atoms with E-state index in [1.165, 1.54) is 0 Å². The molecule has 1 saturated carbocycles. The third-order valence-electron chi connectivity index (χ3n) is 5.46. The van der Waals surface area contributed by atoms with Crippen molar-refractivity contribution in [3.63, 3.8) is 0 Å². The smallest absolute Gasteiger partial charge is 0.227 e. The molecule has 1 aliphatic heterocycles. The van der Waals surface area contributed by atoms with E-state index in [2.05, 4.69) is 5.32 Å². The van der Waals surface area contributed by atoms with Gasteiger partial charge < -0.3 is 15.0 Å². The van der Waals surface area contributed by atoms with Gasteiger partial charge in [-0.15, -0.1) is 0 Å². The van der Waals surface area contributed by atoms with Crippen LogP contribution in [0.1, 0.15) is 52.0 Å². The average molecular weight is 358 g/mol. The molecule has 26 heavy (non-hydrogen) atoms. The zero-order chi connectivity index (χ0) is 18.9. The Labute approximate surface area is 156 Å². The number of amides is 2. The van der Waals surface area contributed by atoms with Crippen LogP contribution in [0.5, 0.6) is 5.75 Å². The highest BCUT2D eigenvalue weighted by Gasteiger charge is 2.47. The first kappa shape index (κ1) is 18.7. The van der Waals surface area contributed by atoms with Gasteiger partial charge in [-0.1, -0.05) is 32.9 Å². The second kappa shape index (κ2) is 6.93. The predicted molar refractivity (Wildman–Crippen MR) is 101 cm³/mol. The molecule has 3 rings (SSSR count). The fourth-order valence-corrected chi connectivity index (χ4v) is 3.72. The Morgan fingerprint density at radius 1 is 1.27 bits per heavy atom. The largest absolute Gasteiger partial charge is 0.497 e. The number of piperidine rings is 1. The van der Waals surface area contributed by atoms with E-state index in [0.717, 1.165) is 43.5 Å². The van der Waals surface area contributed by atoms with Crippen LogP contribution in [0, 0.1) is 11.3 Å². The first-order valence-corrected chi connectivity index (χ1v) is 9.51. The van der Waals surface area contributed by atoms with Crippen LogP contribution in [0.15, 0.2) is 24.3 Å². The van der Waals surface area contributed by atoms with Gasteiger partial charge in [0.25, 0.3) is 0 Å². The fourth-order valence-electron chi connectivity index (χ4n) is 3.72. The number of benzene rings is 1. The SMILES string of the molecule is COc1cccc(C2(NC(=O)C3CCCN(C(=O)C(C)(C)C)C3)CC2)c1. The van der Waals surface area contributed by atoms with E-state index >= 15 is 0 Å². The van der Waals surface area contributed by atoms with Crippen molar-refractivity contribution in [2.45, 2.75) is 52.0 Å². The van der Waals surface area contributed by atoms with E-state index in [0.29, 0.717) is 6.54 Å². The number of carbonyl (C=O) groups is 2. The van der Waals surface area contributed by atoms with Crippen molar-refractivity contribution in [3.8, 4) is 5.75 Å². The summed E-state index contributed by atoms with van der Waals surface area (Å²) in [5, 5.41) is 3.27. The van der Waals surface area contributed by atoms with Crippen LogP contribution in [0.25, 0.3) is 0 Å². The number of methoxy groups -OCH3 is 1. The number of nitrogens with one attached hydrogen (secondary N) is 1. The Balaban J connectivity index is 1.67. The molecule has 5 nitrogen and oxygen atoms in total. The maximum Gasteiger partial charge on any atom is 0.227 e. The van der Waals surface area contributed by atoms with Gasteiger partial charge in [0.1, 0.15) is 5.75 Å². The average Bonchev–Trinajstić information content (AvgIpc) is 3.41. The summed E-state index contributed by atoms with van der Waals surface area (Å²) in [6.07, 6.45) is 3.62. The van der Waals surface area contributed by atoms with Crippen LogP contribution in [0.2, 0.25) is 0 Å². The number of rotatable bonds is 4. The standard InChI is InChI=1S/C21H30N2O3/c1-20(2,3)19(25)23-12-6-7-15(14-23)18(24)22-21(10-11-21)16-8-5-9-17(13-16)26-4/h5,8-9,13,15H,6-7,10-12,14H2,1-4H3,(H,22,24). The van der Waals surface area contributed by atoms with Gasteiger partial charge in [-0.2, -0.15) is 0 Å². The molecule has 142 valence electrons. The summed E-state index contributed by atoms with van der Waals surface area (Å²) >= 11 is 0. The van der Waals surface area contributed by atoms with E-state index in [1.807, 2.05) is 49.9 Å². The third-order valence-corrected chi connectivity index (χ3v) is 5.46. The minimum absolute atomic E-state index is 0.0664. The molecule has 0 bridgehead atoms. The Kier molecular flexibility index (Phi) is 5.00. The van der Waals surface area contributed by atoms with E-state index in [-0.39, 0.29) is 23.3 Å². The van der Waals surface area contributed by atoms with Crippen molar-refractivity contribution < 1.29 is 14.3 Å². The summed E-state index contributed by atoms with van der Waals surface area (Å²) in [5.74, 6) is 0.876. The molecule has 2 amide bonds. The number of carbonyl (C=O) groups excluding carboxylic acids is 2. The number of hydrogen-bond donors (Lipinski definition) is 1. The topological polar surface area (TPSA) is 58.6 Å². The molecule has 1 aromatic carbocycles. The van der Waals surface area contributed by atoms with Crippen LogP contribution in [-0.4, -0.2) is 36.9 Å². The maximum absolute atomic E-state index is 12.9. The molecule has 1 saturated heterocycles. The minimum atomic E-state index is -0.406. The van der Waals surface area contributed by atoms with Crippen molar-refractivity contribution in [3.05, 3.63) is 29.8 Å². The number of nitrogens with zero attached hydrogens (tertiary/aromatic N) is 1. The molecule has 0 aromatic heterocycles. The molecule has 1 aromatic rings. The highest BCUT2D eigenvalue weighted by Crippen LogP contribution is 2.46. The van der Waals surface area contributed by atoms with Crippen molar-refractivity contribution >= 4 is 11.8 Å². The zero-order valence-electron chi connectivity index (χ0n) is 16.3. The van der Waals surface area contributed by atoms with Crippen LogP contribution in [0.4, 0.5) is 0 Å². The lowest BCUT2D eigenvalue weighted by Gasteiger charge is -2.36. The predicted octanol–water partition coefficient (Wildman–Crippen LogP) is 3.09. The molecule has 1 N–H and O–H groups in total. The lowest BCUT2D eigenvalue weighted by Crippen LogP contribution is -2.50. The quantitative estimate of drug-likeness (QED) is 0.900. The maximum atomic E-state index is 12.9. The first-order valence-electron chi connectivity index (χ1n) is 9.51. The highest BCUT2D eigenvalue weighted by atomic mass is 16.5. The van der Waals surface area contributed by atoms with E-state index in [9.17, 15) is 9.59 Å². The van der Waals surface area contributed by atoms with Crippen molar-refractivity contribution in [2.24, 2.45) is 11.3 Å². The third kappa shape index (κ3) is 3.87. The summed E-state index contributed by atoms with van der Waals surface area (Å²) in [4.78, 5) is 27.3. The fraction of sp³-hybridized carbons (Fsp3) is 0.619. The second-order valence-electron chi connectivity index (χ2n) is 8.64. The lowest BCUT2D eigenvalue weighted by atomic mass is 9.90. The van der Waals surface area contributed by atoms with Crippen molar-refractivity contribution in [1.82, 2.24) is 10.2 Å². The molecule has 1 heterocycles. The summed E-state index contributed by atoms with van der Waals surface area (Å²) < 4.78 is 5.31. The Morgan fingerprint density at radius 3 is 2.62 bits per heavy atom. The van der Waals surface area contributed by atoms with E-state index in [4.69, 9.17) is 4.74 Å². The van der Waals surface area contributed by atoms with E-state index < -0.39 is 5.41 Å². The molecule has 1 atom stereocenters. The summed E-state index contributed by atoms with van der Waals surface area (Å²) in [5.41, 5.74) is 0.433. The Bertz CT molecular complexity index is 689. The van der Waals surface area contributed by atoms with Crippen LogP contribution in [0.3, 0.4) is 0 Å².